The van der Waals surface area contributed by atoms with Crippen molar-refractivity contribution in [2.45, 2.75) is 31.7 Å². The van der Waals surface area contributed by atoms with Crippen LogP contribution in [0.25, 0.3) is 11.5 Å². The molecule has 1 aromatic heterocycles. The van der Waals surface area contributed by atoms with Gasteiger partial charge in [0.15, 0.2) is 5.82 Å². The van der Waals surface area contributed by atoms with E-state index in [2.05, 4.69) is 10.1 Å². The van der Waals surface area contributed by atoms with Crippen LogP contribution in [0.5, 0.6) is 0 Å². The lowest BCUT2D eigenvalue weighted by molar-refractivity contribution is -0.385. The molecule has 2 aromatic rings. The smallest absolute Gasteiger partial charge is 0.273 e. The maximum absolute atomic E-state index is 10.9. The third-order valence-electron chi connectivity index (χ3n) is 3.77. The molecule has 1 heterocycles. The van der Waals surface area contributed by atoms with Gasteiger partial charge in [-0.3, -0.25) is 10.1 Å². The number of nitrogens with two attached hydrogens (primary N) is 1. The van der Waals surface area contributed by atoms with Gasteiger partial charge in [-0.15, -0.1) is 12.4 Å². The molecule has 0 bridgehead atoms. The molecule has 112 valence electrons. The molecular formula is C13H15ClN4O3. The summed E-state index contributed by atoms with van der Waals surface area (Å²) in [6, 6.07) is 4.83. The molecule has 2 N–H and O–H groups in total. The number of benzene rings is 1. The van der Waals surface area contributed by atoms with Crippen LogP contribution in [0.2, 0.25) is 0 Å². The zero-order valence-corrected chi connectivity index (χ0v) is 12.2. The van der Waals surface area contributed by atoms with E-state index in [1.54, 1.807) is 19.1 Å². The van der Waals surface area contributed by atoms with E-state index in [1.807, 2.05) is 0 Å². The van der Waals surface area contributed by atoms with Gasteiger partial charge in [-0.1, -0.05) is 11.2 Å². The van der Waals surface area contributed by atoms with Crippen LogP contribution in [0.3, 0.4) is 0 Å². The Hall–Kier alpha value is -1.99. The van der Waals surface area contributed by atoms with Crippen molar-refractivity contribution in [2.24, 2.45) is 5.73 Å². The molecule has 1 aliphatic carbocycles. The average Bonchev–Trinajstić information content (AvgIpc) is 2.86. The Bertz CT molecular complexity index is 682. The van der Waals surface area contributed by atoms with Gasteiger partial charge in [0, 0.05) is 17.2 Å². The van der Waals surface area contributed by atoms with Gasteiger partial charge in [-0.25, -0.2) is 0 Å². The highest BCUT2D eigenvalue weighted by atomic mass is 35.5. The van der Waals surface area contributed by atoms with Crippen LogP contribution >= 0.6 is 12.4 Å². The molecule has 3 rings (SSSR count). The van der Waals surface area contributed by atoms with Crippen molar-refractivity contribution >= 4 is 18.1 Å². The Morgan fingerprint density at radius 3 is 2.71 bits per heavy atom. The number of aromatic nitrogens is 2. The van der Waals surface area contributed by atoms with Crippen LogP contribution in [0.15, 0.2) is 22.7 Å². The molecule has 0 spiro atoms. The van der Waals surface area contributed by atoms with Gasteiger partial charge in [0.1, 0.15) is 0 Å². The van der Waals surface area contributed by atoms with E-state index >= 15 is 0 Å². The van der Waals surface area contributed by atoms with Crippen molar-refractivity contribution in [3.05, 3.63) is 39.7 Å². The van der Waals surface area contributed by atoms with Crippen molar-refractivity contribution < 1.29 is 9.45 Å². The van der Waals surface area contributed by atoms with E-state index in [4.69, 9.17) is 10.3 Å². The number of hydrogen-bond acceptors (Lipinski definition) is 6. The third-order valence-corrected chi connectivity index (χ3v) is 3.77. The van der Waals surface area contributed by atoms with Gasteiger partial charge in [-0.2, -0.15) is 4.98 Å². The summed E-state index contributed by atoms with van der Waals surface area (Å²) in [6.45, 7) is 1.68. The van der Waals surface area contributed by atoms with Gasteiger partial charge in [0.2, 0.25) is 0 Å². The second kappa shape index (κ2) is 5.42. The van der Waals surface area contributed by atoms with E-state index in [-0.39, 0.29) is 24.0 Å². The maximum atomic E-state index is 10.9. The first-order valence-corrected chi connectivity index (χ1v) is 6.38. The first kappa shape index (κ1) is 15.4. The topological polar surface area (TPSA) is 108 Å². The standard InChI is InChI=1S/C13H14N4O3.ClH/c1-8-3-4-9(7-10(8)17(18)19)11-15-12(16-20-11)13(14)5-2-6-13;/h3-4,7H,2,5-6,14H2,1H3;1H. The number of hydrogen-bond donors (Lipinski definition) is 1. The minimum absolute atomic E-state index is 0. The van der Waals surface area contributed by atoms with Crippen LogP contribution < -0.4 is 5.73 Å². The van der Waals surface area contributed by atoms with Crippen LogP contribution in [0.1, 0.15) is 30.7 Å². The second-order valence-electron chi connectivity index (χ2n) is 5.19. The Labute approximate surface area is 127 Å². The molecule has 21 heavy (non-hydrogen) atoms. The third kappa shape index (κ3) is 2.62. The fourth-order valence-electron chi connectivity index (χ4n) is 2.26. The van der Waals surface area contributed by atoms with E-state index < -0.39 is 10.5 Å². The van der Waals surface area contributed by atoms with Crippen LogP contribution in [0.4, 0.5) is 5.69 Å². The van der Waals surface area contributed by atoms with Crippen molar-refractivity contribution in [1.29, 1.82) is 0 Å². The number of nitrogens with zero attached hydrogens (tertiary/aromatic N) is 3. The van der Waals surface area contributed by atoms with Crippen molar-refractivity contribution in [2.75, 3.05) is 0 Å². The summed E-state index contributed by atoms with van der Waals surface area (Å²) in [7, 11) is 0. The lowest BCUT2D eigenvalue weighted by Gasteiger charge is -2.34. The molecule has 1 aliphatic rings. The van der Waals surface area contributed by atoms with E-state index in [0.717, 1.165) is 19.3 Å². The average molecular weight is 311 g/mol. The number of nitro groups is 1. The maximum Gasteiger partial charge on any atom is 0.273 e. The quantitative estimate of drug-likeness (QED) is 0.689. The highest BCUT2D eigenvalue weighted by Gasteiger charge is 2.39. The van der Waals surface area contributed by atoms with Crippen LogP contribution in [-0.4, -0.2) is 15.1 Å². The van der Waals surface area contributed by atoms with E-state index in [9.17, 15) is 10.1 Å². The monoisotopic (exact) mass is 310 g/mol. The van der Waals surface area contributed by atoms with Gasteiger partial charge in [0.05, 0.1) is 10.5 Å². The number of aryl methyl sites for hydroxylation is 1. The lowest BCUT2D eigenvalue weighted by atomic mass is 9.77. The first-order chi connectivity index (χ1) is 9.49. The molecular weight excluding hydrogens is 296 g/mol. The summed E-state index contributed by atoms with van der Waals surface area (Å²) in [4.78, 5) is 14.8. The van der Waals surface area contributed by atoms with Gasteiger partial charge >= 0.3 is 0 Å². The van der Waals surface area contributed by atoms with E-state index in [1.165, 1.54) is 6.07 Å². The second-order valence-corrected chi connectivity index (χ2v) is 5.19. The molecule has 8 heteroatoms. The Balaban J connectivity index is 0.00000161. The van der Waals surface area contributed by atoms with Crippen LogP contribution in [0, 0.1) is 17.0 Å². The summed E-state index contributed by atoms with van der Waals surface area (Å²) in [5.41, 5.74) is 6.78. The molecule has 0 amide bonds. The summed E-state index contributed by atoms with van der Waals surface area (Å²) in [6.07, 6.45) is 2.72. The lowest BCUT2D eigenvalue weighted by Crippen LogP contribution is -2.44. The predicted octanol–water partition coefficient (Wildman–Crippen LogP) is 2.71. The minimum Gasteiger partial charge on any atom is -0.334 e. The fourth-order valence-corrected chi connectivity index (χ4v) is 2.26. The molecule has 0 aliphatic heterocycles. The first-order valence-electron chi connectivity index (χ1n) is 6.38. The summed E-state index contributed by atoms with van der Waals surface area (Å²) >= 11 is 0. The normalized spacial score (nSPS) is 15.9. The fraction of sp³-hybridized carbons (Fsp3) is 0.385. The predicted molar refractivity (Wildman–Crippen MR) is 78.1 cm³/mol. The minimum atomic E-state index is -0.502. The van der Waals surface area contributed by atoms with Gasteiger partial charge in [0.25, 0.3) is 11.6 Å². The van der Waals surface area contributed by atoms with Crippen molar-refractivity contribution in [1.82, 2.24) is 10.1 Å². The summed E-state index contributed by atoms with van der Waals surface area (Å²) in [5, 5.41) is 14.8. The van der Waals surface area contributed by atoms with Crippen molar-refractivity contribution in [3.8, 4) is 11.5 Å². The van der Waals surface area contributed by atoms with Crippen LogP contribution in [-0.2, 0) is 5.54 Å². The van der Waals surface area contributed by atoms with Crippen molar-refractivity contribution in [3.63, 3.8) is 0 Å². The Morgan fingerprint density at radius 1 is 1.43 bits per heavy atom. The van der Waals surface area contributed by atoms with Gasteiger partial charge < -0.3 is 10.3 Å². The molecule has 1 aromatic carbocycles. The molecule has 0 unspecified atom stereocenters. The number of nitro benzene ring substituents is 1. The molecule has 0 atom stereocenters. The zero-order chi connectivity index (χ0) is 14.3. The Morgan fingerprint density at radius 2 is 2.14 bits per heavy atom. The highest BCUT2D eigenvalue weighted by Crippen LogP contribution is 2.37. The largest absolute Gasteiger partial charge is 0.334 e. The number of rotatable bonds is 3. The van der Waals surface area contributed by atoms with Gasteiger partial charge in [-0.05, 0) is 32.3 Å². The molecule has 7 nitrogen and oxygen atoms in total. The number of halogens is 1. The zero-order valence-electron chi connectivity index (χ0n) is 11.4. The molecule has 1 fully saturated rings. The SMILES string of the molecule is Cc1ccc(-c2nc(C3(N)CCC3)no2)cc1[N+](=O)[O-].Cl. The molecule has 1 saturated carbocycles. The molecule has 0 saturated heterocycles. The summed E-state index contributed by atoms with van der Waals surface area (Å²) < 4.78 is 5.18. The Kier molecular flexibility index (Phi) is 3.97. The highest BCUT2D eigenvalue weighted by molar-refractivity contribution is 5.85. The van der Waals surface area contributed by atoms with E-state index in [0.29, 0.717) is 17.0 Å². The summed E-state index contributed by atoms with van der Waals surface area (Å²) in [5.74, 6) is 0.738. The molecule has 0 radical (unpaired) electrons.